The van der Waals surface area contributed by atoms with Crippen molar-refractivity contribution < 1.29 is 53.2 Å². The molecule has 0 aromatic carbocycles. The number of rotatable bonds is 0. The van der Waals surface area contributed by atoms with Gasteiger partial charge >= 0.3 is 0 Å². The van der Waals surface area contributed by atoms with Crippen LogP contribution in [0.3, 0.4) is 0 Å². The van der Waals surface area contributed by atoms with Crippen LogP contribution in [0.1, 0.15) is 0 Å². The summed E-state index contributed by atoms with van der Waals surface area (Å²) in [6, 6.07) is 0. The molecule has 1 radical (unpaired) electrons. The molecule has 6 heavy (non-hydrogen) atoms. The van der Waals surface area contributed by atoms with Gasteiger partial charge in [0, 0.05) is 32.7 Å². The first-order valence-corrected chi connectivity index (χ1v) is 0.612. The first-order valence-electron chi connectivity index (χ1n) is 0.612. The van der Waals surface area contributed by atoms with E-state index in [9.17, 15) is 0 Å². The third-order valence-electron chi connectivity index (χ3n) is 0. The zero-order chi connectivity index (χ0) is 3.58. The summed E-state index contributed by atoms with van der Waals surface area (Å²) in [7, 11) is 0. The van der Waals surface area contributed by atoms with Gasteiger partial charge in [0.15, 0.2) is 0 Å². The summed E-state index contributed by atoms with van der Waals surface area (Å²) in [6.07, 6.45) is -2.33. The van der Waals surface area contributed by atoms with Crippen LogP contribution in [0.4, 0.5) is 4.79 Å². The maximum absolute atomic E-state index is 8.33. The van der Waals surface area contributed by atoms with Gasteiger partial charge in [0.1, 0.15) is 0 Å². The van der Waals surface area contributed by atoms with Crippen LogP contribution in [0.2, 0.25) is 0 Å². The molecule has 0 aromatic heterocycles. The number of carbonyl (C=O) groups is 1. The number of carbonyl (C=O) groups excluding carboxylic acids is 1. The van der Waals surface area contributed by atoms with E-state index in [1.54, 1.807) is 0 Å². The molecule has 0 amide bonds. The number of carboxylic acid groups (broad SMARTS) is 2. The zero-order valence-corrected chi connectivity index (χ0v) is 5.64. The van der Waals surface area contributed by atoms with Crippen LogP contribution >= 0.6 is 0 Å². The van der Waals surface area contributed by atoms with E-state index in [-0.39, 0.29) is 38.2 Å². The summed E-state index contributed by atoms with van der Waals surface area (Å²) in [5.74, 6) is 0. The summed E-state index contributed by atoms with van der Waals surface area (Å²) < 4.78 is 0. The fourth-order valence-corrected chi connectivity index (χ4v) is 0. The second-order valence-corrected chi connectivity index (χ2v) is 0.250. The molecular formula is CH2O4Y-2. The first kappa shape index (κ1) is 16.2. The molecule has 0 aromatic rings. The van der Waals surface area contributed by atoms with Crippen molar-refractivity contribution in [2.24, 2.45) is 0 Å². The monoisotopic (exact) mass is 167 g/mol. The Morgan fingerprint density at radius 3 is 1.33 bits per heavy atom. The standard InChI is InChI=1S/CH2O3.H2O.Y/c2-1(3)4;;/h(H2,2,3,4);1H2;/p-2. The molecule has 0 aliphatic heterocycles. The molecular weight excluding hydrogens is 165 g/mol. The minimum atomic E-state index is -2.33. The minimum Gasteiger partial charge on any atom is -0.652 e. The summed E-state index contributed by atoms with van der Waals surface area (Å²) in [5, 5.41) is 16.7. The van der Waals surface area contributed by atoms with Crippen molar-refractivity contribution in [1.29, 1.82) is 0 Å². The maximum atomic E-state index is 8.33. The Bertz CT molecular complexity index is 30.5. The minimum absolute atomic E-state index is 0. The zero-order valence-electron chi connectivity index (χ0n) is 2.80. The van der Waals surface area contributed by atoms with E-state index < -0.39 is 6.16 Å². The average molecular weight is 167 g/mol. The van der Waals surface area contributed by atoms with Crippen LogP contribution < -0.4 is 10.2 Å². The number of hydrogen-bond acceptors (Lipinski definition) is 3. The van der Waals surface area contributed by atoms with E-state index in [4.69, 9.17) is 15.0 Å². The van der Waals surface area contributed by atoms with Crippen molar-refractivity contribution in [3.8, 4) is 0 Å². The Kier molecular flexibility index (Phi) is 24.4. The van der Waals surface area contributed by atoms with Gasteiger partial charge in [0.05, 0.1) is 0 Å². The van der Waals surface area contributed by atoms with Gasteiger partial charge < -0.3 is 20.5 Å². The van der Waals surface area contributed by atoms with Crippen LogP contribution in [-0.4, -0.2) is 11.6 Å². The topological polar surface area (TPSA) is 94.7 Å². The largest absolute Gasteiger partial charge is 0.652 e. The Hall–Kier alpha value is 0.334. The van der Waals surface area contributed by atoms with E-state index >= 15 is 0 Å². The molecule has 0 atom stereocenters. The van der Waals surface area contributed by atoms with Gasteiger partial charge in [-0.2, -0.15) is 0 Å². The van der Waals surface area contributed by atoms with Gasteiger partial charge in [-0.05, 0) is 6.16 Å². The molecule has 2 N–H and O–H groups in total. The normalized spacial score (nSPS) is 4.00. The van der Waals surface area contributed by atoms with Crippen molar-refractivity contribution in [3.05, 3.63) is 0 Å². The molecule has 35 valence electrons. The average Bonchev–Trinajstić information content (AvgIpc) is 0.811. The SMILES string of the molecule is O.O=C([O-])[O-].[Y]. The summed E-state index contributed by atoms with van der Waals surface area (Å²) >= 11 is 0. The van der Waals surface area contributed by atoms with Crippen molar-refractivity contribution in [2.45, 2.75) is 0 Å². The molecule has 0 aliphatic carbocycles. The Labute approximate surface area is 59.4 Å². The summed E-state index contributed by atoms with van der Waals surface area (Å²) in [4.78, 5) is 8.33. The molecule has 0 heterocycles. The van der Waals surface area contributed by atoms with Crippen LogP contribution in [0, 0.1) is 0 Å². The van der Waals surface area contributed by atoms with E-state index in [0.717, 1.165) is 0 Å². The molecule has 4 nitrogen and oxygen atoms in total. The third kappa shape index (κ3) is 432. The molecule has 0 spiro atoms. The molecule has 0 rings (SSSR count). The molecule has 0 fully saturated rings. The molecule has 5 heteroatoms. The van der Waals surface area contributed by atoms with Gasteiger partial charge in [-0.1, -0.05) is 0 Å². The van der Waals surface area contributed by atoms with Gasteiger partial charge in [0.2, 0.25) is 0 Å². The van der Waals surface area contributed by atoms with E-state index in [0.29, 0.717) is 0 Å². The van der Waals surface area contributed by atoms with Gasteiger partial charge in [-0.25, -0.2) is 0 Å². The van der Waals surface area contributed by atoms with Crippen LogP contribution in [0.5, 0.6) is 0 Å². The van der Waals surface area contributed by atoms with Crippen LogP contribution in [0.15, 0.2) is 0 Å². The van der Waals surface area contributed by atoms with Crippen LogP contribution in [-0.2, 0) is 32.7 Å². The van der Waals surface area contributed by atoms with E-state index in [1.165, 1.54) is 0 Å². The van der Waals surface area contributed by atoms with Gasteiger partial charge in [0.25, 0.3) is 0 Å². The fourth-order valence-electron chi connectivity index (χ4n) is 0. The second-order valence-electron chi connectivity index (χ2n) is 0.250. The van der Waals surface area contributed by atoms with Crippen molar-refractivity contribution in [1.82, 2.24) is 0 Å². The smallest absolute Gasteiger partial charge is 0 e. The first-order chi connectivity index (χ1) is 1.73. The molecule has 0 saturated heterocycles. The predicted octanol–water partition coefficient (Wildman–Crippen LogP) is -3.27. The molecule has 0 bridgehead atoms. The predicted molar refractivity (Wildman–Crippen MR) is 9.01 cm³/mol. The Morgan fingerprint density at radius 1 is 1.33 bits per heavy atom. The van der Waals surface area contributed by atoms with Crippen molar-refractivity contribution >= 4 is 6.16 Å². The van der Waals surface area contributed by atoms with Crippen molar-refractivity contribution in [2.75, 3.05) is 0 Å². The molecule has 0 saturated carbocycles. The summed E-state index contributed by atoms with van der Waals surface area (Å²) in [6.45, 7) is 0. The Balaban J connectivity index is -0.0000000450. The quantitative estimate of drug-likeness (QED) is 0.378. The van der Waals surface area contributed by atoms with E-state index in [2.05, 4.69) is 0 Å². The van der Waals surface area contributed by atoms with E-state index in [1.807, 2.05) is 0 Å². The molecule has 0 unspecified atom stereocenters. The van der Waals surface area contributed by atoms with Crippen LogP contribution in [0.25, 0.3) is 0 Å². The van der Waals surface area contributed by atoms with Gasteiger partial charge in [-0.15, -0.1) is 0 Å². The fraction of sp³-hybridized carbons (Fsp3) is 0. The third-order valence-corrected chi connectivity index (χ3v) is 0. The van der Waals surface area contributed by atoms with Crippen molar-refractivity contribution in [3.63, 3.8) is 0 Å². The summed E-state index contributed by atoms with van der Waals surface area (Å²) in [5.41, 5.74) is 0. The second kappa shape index (κ2) is 9.01. The van der Waals surface area contributed by atoms with Gasteiger partial charge in [-0.3, -0.25) is 0 Å². The number of hydrogen-bond donors (Lipinski definition) is 0. The maximum Gasteiger partial charge on any atom is 0 e. The Morgan fingerprint density at radius 2 is 1.33 bits per heavy atom. The molecule has 0 aliphatic rings.